The predicted molar refractivity (Wildman–Crippen MR) is 55.5 cm³/mol. The van der Waals surface area contributed by atoms with Crippen molar-refractivity contribution in [3.8, 4) is 0 Å². The minimum absolute atomic E-state index is 0.143. The standard InChI is InChI=1S/C7H12N6O3/c1-2-3(5(14)11-8)9-4-6(15)10-7(16)13-12-4/h3H,2,8H2,1H3,(H,9,12)(H,11,14)(H2,10,13,15,16)/t3-/m0/s1. The maximum Gasteiger partial charge on any atom is 0.342 e. The van der Waals surface area contributed by atoms with E-state index in [1.807, 2.05) is 15.5 Å². The number of nitrogens with two attached hydrogens (primary N) is 1. The molecule has 0 saturated heterocycles. The minimum atomic E-state index is -0.716. The van der Waals surface area contributed by atoms with Gasteiger partial charge in [-0.1, -0.05) is 6.92 Å². The molecule has 0 fully saturated rings. The first kappa shape index (κ1) is 11.9. The van der Waals surface area contributed by atoms with Crippen molar-refractivity contribution in [1.29, 1.82) is 0 Å². The third-order valence-electron chi connectivity index (χ3n) is 1.89. The van der Waals surface area contributed by atoms with Crippen molar-refractivity contribution in [1.82, 2.24) is 20.6 Å². The monoisotopic (exact) mass is 228 g/mol. The van der Waals surface area contributed by atoms with Crippen molar-refractivity contribution in [3.05, 3.63) is 20.8 Å². The van der Waals surface area contributed by atoms with E-state index in [9.17, 15) is 14.4 Å². The lowest BCUT2D eigenvalue weighted by Gasteiger charge is -2.14. The lowest BCUT2D eigenvalue weighted by molar-refractivity contribution is -0.121. The van der Waals surface area contributed by atoms with Crippen LogP contribution in [-0.4, -0.2) is 27.1 Å². The number of hydrogen-bond donors (Lipinski definition) is 5. The molecule has 0 unspecified atom stereocenters. The molecule has 0 aliphatic heterocycles. The second-order valence-corrected chi connectivity index (χ2v) is 2.97. The van der Waals surface area contributed by atoms with Crippen LogP contribution in [0.1, 0.15) is 13.3 Å². The molecule has 1 rings (SSSR count). The number of rotatable bonds is 4. The third kappa shape index (κ3) is 2.67. The summed E-state index contributed by atoms with van der Waals surface area (Å²) in [6.45, 7) is 1.73. The highest BCUT2D eigenvalue weighted by atomic mass is 16.2. The molecule has 1 atom stereocenters. The fraction of sp³-hybridized carbons (Fsp3) is 0.429. The maximum absolute atomic E-state index is 11.2. The van der Waals surface area contributed by atoms with Gasteiger partial charge in [-0.05, 0) is 6.42 Å². The van der Waals surface area contributed by atoms with Crippen LogP contribution >= 0.6 is 0 Å². The Labute approximate surface area is 89.4 Å². The summed E-state index contributed by atoms with van der Waals surface area (Å²) in [7, 11) is 0. The van der Waals surface area contributed by atoms with Gasteiger partial charge in [-0.2, -0.15) is 0 Å². The average Bonchev–Trinajstić information content (AvgIpc) is 2.27. The first-order chi connectivity index (χ1) is 7.58. The van der Waals surface area contributed by atoms with Crippen molar-refractivity contribution >= 4 is 11.7 Å². The first-order valence-electron chi connectivity index (χ1n) is 4.54. The summed E-state index contributed by atoms with van der Waals surface area (Å²) >= 11 is 0. The van der Waals surface area contributed by atoms with Crippen molar-refractivity contribution < 1.29 is 4.79 Å². The molecule has 1 heterocycles. The quantitative estimate of drug-likeness (QED) is 0.221. The fourth-order valence-electron chi connectivity index (χ4n) is 1.06. The van der Waals surface area contributed by atoms with Crippen LogP contribution in [0, 0.1) is 0 Å². The highest BCUT2D eigenvalue weighted by Crippen LogP contribution is 1.98. The molecule has 1 aromatic rings. The molecule has 0 radical (unpaired) electrons. The number of nitrogens with zero attached hydrogens (tertiary/aromatic N) is 1. The Morgan fingerprint density at radius 3 is 2.75 bits per heavy atom. The lowest BCUT2D eigenvalue weighted by Crippen LogP contribution is -2.44. The summed E-state index contributed by atoms with van der Waals surface area (Å²) in [4.78, 5) is 35.1. The van der Waals surface area contributed by atoms with Crippen molar-refractivity contribution in [3.63, 3.8) is 0 Å². The zero-order valence-electron chi connectivity index (χ0n) is 8.53. The van der Waals surface area contributed by atoms with Crippen LogP contribution in [0.2, 0.25) is 0 Å². The number of hydrazine groups is 1. The maximum atomic E-state index is 11.2. The van der Waals surface area contributed by atoms with Gasteiger partial charge in [0.1, 0.15) is 6.04 Å². The van der Waals surface area contributed by atoms with Gasteiger partial charge < -0.3 is 5.32 Å². The van der Waals surface area contributed by atoms with Gasteiger partial charge in [0, 0.05) is 0 Å². The van der Waals surface area contributed by atoms with E-state index in [1.54, 1.807) is 6.92 Å². The molecular weight excluding hydrogens is 216 g/mol. The molecule has 9 heteroatoms. The van der Waals surface area contributed by atoms with E-state index >= 15 is 0 Å². The van der Waals surface area contributed by atoms with Gasteiger partial charge in [-0.3, -0.25) is 20.0 Å². The van der Waals surface area contributed by atoms with E-state index in [2.05, 4.69) is 10.4 Å². The Bertz CT molecular complexity index is 478. The second kappa shape index (κ2) is 5.07. The Morgan fingerprint density at radius 2 is 2.25 bits per heavy atom. The molecule has 16 heavy (non-hydrogen) atoms. The summed E-state index contributed by atoms with van der Waals surface area (Å²) in [5.74, 6) is 4.34. The van der Waals surface area contributed by atoms with E-state index in [1.165, 1.54) is 0 Å². The van der Waals surface area contributed by atoms with E-state index in [0.29, 0.717) is 6.42 Å². The number of aromatic amines is 2. The predicted octanol–water partition coefficient (Wildman–Crippen LogP) is -2.36. The summed E-state index contributed by atoms with van der Waals surface area (Å²) in [5, 5.41) is 8.07. The van der Waals surface area contributed by atoms with Gasteiger partial charge in [0.05, 0.1) is 0 Å². The smallest absolute Gasteiger partial charge is 0.342 e. The number of amides is 1. The number of hydrogen-bond acceptors (Lipinski definition) is 6. The lowest BCUT2D eigenvalue weighted by atomic mass is 10.2. The van der Waals surface area contributed by atoms with Gasteiger partial charge >= 0.3 is 5.69 Å². The number of carbonyl (C=O) groups excluding carboxylic acids is 1. The molecule has 1 amide bonds. The summed E-state index contributed by atoms with van der Waals surface area (Å²) in [6, 6.07) is -0.690. The van der Waals surface area contributed by atoms with Crippen LogP contribution in [0.5, 0.6) is 0 Å². The largest absolute Gasteiger partial charge is 0.352 e. The molecule has 0 aromatic carbocycles. The third-order valence-corrected chi connectivity index (χ3v) is 1.89. The first-order valence-corrected chi connectivity index (χ1v) is 4.54. The average molecular weight is 228 g/mol. The molecule has 0 aliphatic carbocycles. The Hall–Kier alpha value is -2.16. The molecule has 0 bridgehead atoms. The van der Waals surface area contributed by atoms with Gasteiger partial charge in [0.25, 0.3) is 11.5 Å². The highest BCUT2D eigenvalue weighted by molar-refractivity contribution is 5.83. The van der Waals surface area contributed by atoms with Crippen LogP contribution in [0.4, 0.5) is 5.82 Å². The summed E-state index contributed by atoms with van der Waals surface area (Å²) in [6.07, 6.45) is 0.406. The SMILES string of the molecule is CC[C@H](Nc1n[nH]c(=O)[nH]c1=O)C(=O)NN. The molecule has 88 valence electrons. The van der Waals surface area contributed by atoms with Gasteiger partial charge in [-0.15, -0.1) is 5.10 Å². The van der Waals surface area contributed by atoms with Crippen molar-refractivity contribution in [2.75, 3.05) is 5.32 Å². The molecule has 9 nitrogen and oxygen atoms in total. The topological polar surface area (TPSA) is 146 Å². The van der Waals surface area contributed by atoms with Gasteiger partial charge in [0.15, 0.2) is 0 Å². The van der Waals surface area contributed by atoms with Crippen LogP contribution in [0.3, 0.4) is 0 Å². The van der Waals surface area contributed by atoms with Crippen molar-refractivity contribution in [2.24, 2.45) is 5.84 Å². The number of carbonyl (C=O) groups is 1. The van der Waals surface area contributed by atoms with Gasteiger partial charge in [0.2, 0.25) is 5.82 Å². The number of aromatic nitrogens is 3. The fourth-order valence-corrected chi connectivity index (χ4v) is 1.06. The van der Waals surface area contributed by atoms with E-state index < -0.39 is 23.2 Å². The molecule has 0 spiro atoms. The van der Waals surface area contributed by atoms with Crippen molar-refractivity contribution in [2.45, 2.75) is 19.4 Å². The highest BCUT2D eigenvalue weighted by Gasteiger charge is 2.16. The summed E-state index contributed by atoms with van der Waals surface area (Å²) < 4.78 is 0. The Balaban J connectivity index is 2.90. The molecule has 1 aromatic heterocycles. The van der Waals surface area contributed by atoms with E-state index in [0.717, 1.165) is 0 Å². The zero-order valence-corrected chi connectivity index (χ0v) is 8.53. The summed E-state index contributed by atoms with van der Waals surface area (Å²) in [5.41, 5.74) is 0.536. The molecule has 0 saturated carbocycles. The Kier molecular flexibility index (Phi) is 3.78. The minimum Gasteiger partial charge on any atom is -0.352 e. The molecule has 6 N–H and O–H groups in total. The van der Waals surface area contributed by atoms with Crippen LogP contribution in [0.25, 0.3) is 0 Å². The number of nitrogens with one attached hydrogen (secondary N) is 4. The van der Waals surface area contributed by atoms with Crippen LogP contribution in [-0.2, 0) is 4.79 Å². The van der Waals surface area contributed by atoms with E-state index in [4.69, 9.17) is 5.84 Å². The number of H-pyrrole nitrogens is 2. The molecule has 0 aliphatic rings. The van der Waals surface area contributed by atoms with Gasteiger partial charge in [-0.25, -0.2) is 15.7 Å². The normalized spacial score (nSPS) is 11.9. The van der Waals surface area contributed by atoms with Crippen LogP contribution < -0.4 is 27.8 Å². The molecular formula is C7H12N6O3. The second-order valence-electron chi connectivity index (χ2n) is 2.97. The van der Waals surface area contributed by atoms with E-state index in [-0.39, 0.29) is 5.82 Å². The zero-order chi connectivity index (χ0) is 12.1. The number of anilines is 1. The van der Waals surface area contributed by atoms with Crippen LogP contribution in [0.15, 0.2) is 9.59 Å². The Morgan fingerprint density at radius 1 is 1.56 bits per heavy atom.